The predicted octanol–water partition coefficient (Wildman–Crippen LogP) is 1.71. The largest absolute Gasteiger partial charge is 0.482 e. The van der Waals surface area contributed by atoms with Gasteiger partial charge in [0.1, 0.15) is 11.8 Å². The van der Waals surface area contributed by atoms with Crippen molar-refractivity contribution in [2.45, 2.75) is 38.6 Å². The van der Waals surface area contributed by atoms with Crippen molar-refractivity contribution in [2.75, 3.05) is 30.9 Å². The molecule has 2 rings (SSSR count). The molecule has 1 saturated heterocycles. The lowest BCUT2D eigenvalue weighted by molar-refractivity contribution is -0.139. The van der Waals surface area contributed by atoms with Crippen LogP contribution in [-0.4, -0.2) is 61.7 Å². The Labute approximate surface area is 159 Å². The number of nitrogens with zero attached hydrogens (tertiary/aromatic N) is 2. The third kappa shape index (κ3) is 5.43. The third-order valence-corrected chi connectivity index (χ3v) is 6.55. The Morgan fingerprint density at radius 3 is 2.52 bits per heavy atom. The summed E-state index contributed by atoms with van der Waals surface area (Å²) in [6.45, 7) is 1.73. The van der Waals surface area contributed by atoms with Crippen molar-refractivity contribution in [3.8, 4) is 5.75 Å². The number of carbonyl (C=O) groups excluding carboxylic acids is 1. The van der Waals surface area contributed by atoms with Gasteiger partial charge in [-0.05, 0) is 43.5 Å². The maximum atomic E-state index is 13.0. The molecule has 0 aromatic heterocycles. The number of rotatable bonds is 8. The van der Waals surface area contributed by atoms with Gasteiger partial charge in [0, 0.05) is 19.3 Å². The van der Waals surface area contributed by atoms with Gasteiger partial charge in [-0.1, -0.05) is 13.3 Å². The highest BCUT2D eigenvalue weighted by molar-refractivity contribution is 7.89. The van der Waals surface area contributed by atoms with Crippen molar-refractivity contribution >= 4 is 27.6 Å². The normalized spacial score (nSPS) is 18.1. The van der Waals surface area contributed by atoms with Gasteiger partial charge in [0.25, 0.3) is 0 Å². The van der Waals surface area contributed by atoms with E-state index in [0.717, 1.165) is 12.8 Å². The molecule has 8 nitrogen and oxygen atoms in total. The van der Waals surface area contributed by atoms with E-state index in [0.29, 0.717) is 30.8 Å². The summed E-state index contributed by atoms with van der Waals surface area (Å²) < 4.78 is 31.5. The van der Waals surface area contributed by atoms with E-state index in [1.54, 1.807) is 38.2 Å². The molecule has 0 bridgehead atoms. The second kappa shape index (κ2) is 9.18. The number of hydrogen-bond donors (Lipinski definition) is 1. The van der Waals surface area contributed by atoms with Gasteiger partial charge in [-0.2, -0.15) is 4.31 Å². The van der Waals surface area contributed by atoms with Gasteiger partial charge in [-0.25, -0.2) is 13.2 Å². The van der Waals surface area contributed by atoms with E-state index in [1.165, 1.54) is 9.21 Å². The van der Waals surface area contributed by atoms with Crippen LogP contribution in [-0.2, 0) is 19.6 Å². The van der Waals surface area contributed by atoms with Crippen LogP contribution in [0.2, 0.25) is 0 Å². The highest BCUT2D eigenvalue weighted by atomic mass is 32.2. The topological polar surface area (TPSA) is 104 Å². The van der Waals surface area contributed by atoms with Gasteiger partial charge in [0.15, 0.2) is 6.61 Å². The molecule has 0 aliphatic carbocycles. The molecular formula is C18H26N2O6S. The molecule has 27 heavy (non-hydrogen) atoms. The molecule has 150 valence electrons. The molecule has 1 heterocycles. The summed E-state index contributed by atoms with van der Waals surface area (Å²) in [5, 5.41) is 8.63. The Bertz CT molecular complexity index is 763. The van der Waals surface area contributed by atoms with Gasteiger partial charge in [0.05, 0.1) is 5.75 Å². The van der Waals surface area contributed by atoms with E-state index in [-0.39, 0.29) is 11.7 Å². The number of benzene rings is 1. The monoisotopic (exact) mass is 398 g/mol. The Hall–Kier alpha value is -2.13. The summed E-state index contributed by atoms with van der Waals surface area (Å²) in [4.78, 5) is 24.9. The number of amides is 1. The number of anilines is 1. The molecule has 1 aliphatic heterocycles. The molecule has 1 N–H and O–H groups in total. The summed E-state index contributed by atoms with van der Waals surface area (Å²) >= 11 is 0. The summed E-state index contributed by atoms with van der Waals surface area (Å²) in [6, 6.07) is 5.75. The van der Waals surface area contributed by atoms with E-state index in [1.807, 2.05) is 0 Å². The first kappa shape index (κ1) is 21.2. The first-order valence-corrected chi connectivity index (χ1v) is 10.6. The Kier molecular flexibility index (Phi) is 7.20. The van der Waals surface area contributed by atoms with Gasteiger partial charge in [-0.15, -0.1) is 0 Å². The fourth-order valence-electron chi connectivity index (χ4n) is 3.12. The Balaban J connectivity index is 2.13. The second-order valence-corrected chi connectivity index (χ2v) is 8.55. The third-order valence-electron chi connectivity index (χ3n) is 4.48. The minimum absolute atomic E-state index is 0.0378. The van der Waals surface area contributed by atoms with Crippen molar-refractivity contribution in [1.82, 2.24) is 4.31 Å². The van der Waals surface area contributed by atoms with Crippen molar-refractivity contribution in [3.05, 3.63) is 24.3 Å². The number of piperidine rings is 1. The van der Waals surface area contributed by atoms with Gasteiger partial charge < -0.3 is 14.7 Å². The Morgan fingerprint density at radius 1 is 1.26 bits per heavy atom. The highest BCUT2D eigenvalue weighted by Crippen LogP contribution is 2.25. The number of carboxylic acids is 1. The second-order valence-electron chi connectivity index (χ2n) is 6.51. The number of aliphatic carboxylic acids is 1. The number of hydrogen-bond acceptors (Lipinski definition) is 5. The van der Waals surface area contributed by atoms with E-state index >= 15 is 0 Å². The number of ether oxygens (including phenoxy) is 1. The molecule has 1 fully saturated rings. The minimum Gasteiger partial charge on any atom is -0.482 e. The van der Waals surface area contributed by atoms with Crippen LogP contribution in [0.25, 0.3) is 0 Å². The summed E-state index contributed by atoms with van der Waals surface area (Å²) in [6.07, 6.45) is 2.58. The van der Waals surface area contributed by atoms with Crippen molar-refractivity contribution in [3.63, 3.8) is 0 Å². The average molecular weight is 398 g/mol. The molecular weight excluding hydrogens is 372 g/mol. The molecule has 1 aliphatic rings. The zero-order chi connectivity index (χ0) is 20.0. The summed E-state index contributed by atoms with van der Waals surface area (Å²) in [5.74, 6) is -0.923. The lowest BCUT2D eigenvalue weighted by Gasteiger charge is -2.35. The van der Waals surface area contributed by atoms with Crippen LogP contribution in [0.1, 0.15) is 32.6 Å². The van der Waals surface area contributed by atoms with E-state index in [9.17, 15) is 18.0 Å². The smallest absolute Gasteiger partial charge is 0.341 e. The van der Waals surface area contributed by atoms with E-state index in [2.05, 4.69) is 0 Å². The van der Waals surface area contributed by atoms with Gasteiger partial charge in [-0.3, -0.25) is 4.79 Å². The zero-order valence-corrected chi connectivity index (χ0v) is 16.4. The maximum Gasteiger partial charge on any atom is 0.341 e. The minimum atomic E-state index is -3.46. The van der Waals surface area contributed by atoms with Crippen LogP contribution < -0.4 is 9.64 Å². The van der Waals surface area contributed by atoms with Crippen LogP contribution in [0.5, 0.6) is 5.75 Å². The molecule has 1 unspecified atom stereocenters. The highest BCUT2D eigenvalue weighted by Gasteiger charge is 2.37. The lowest BCUT2D eigenvalue weighted by atomic mass is 10.0. The Morgan fingerprint density at radius 2 is 1.93 bits per heavy atom. The zero-order valence-electron chi connectivity index (χ0n) is 15.6. The van der Waals surface area contributed by atoms with E-state index in [4.69, 9.17) is 9.84 Å². The van der Waals surface area contributed by atoms with Gasteiger partial charge in [0.2, 0.25) is 15.9 Å². The van der Waals surface area contributed by atoms with Crippen molar-refractivity contribution in [1.29, 1.82) is 0 Å². The number of sulfonamides is 1. The average Bonchev–Trinajstić information content (AvgIpc) is 2.65. The molecule has 1 aromatic carbocycles. The predicted molar refractivity (Wildman–Crippen MR) is 101 cm³/mol. The van der Waals surface area contributed by atoms with Gasteiger partial charge >= 0.3 is 5.97 Å². The first-order valence-electron chi connectivity index (χ1n) is 8.98. The molecule has 0 spiro atoms. The van der Waals surface area contributed by atoms with Crippen LogP contribution in [0.3, 0.4) is 0 Å². The number of carboxylic acid groups (broad SMARTS) is 1. The van der Waals surface area contributed by atoms with E-state index < -0.39 is 28.6 Å². The van der Waals surface area contributed by atoms with Crippen LogP contribution in [0.15, 0.2) is 24.3 Å². The summed E-state index contributed by atoms with van der Waals surface area (Å²) in [5.41, 5.74) is 0.584. The van der Waals surface area contributed by atoms with Crippen molar-refractivity contribution < 1.29 is 27.9 Å². The van der Waals surface area contributed by atoms with Crippen LogP contribution in [0.4, 0.5) is 5.69 Å². The quantitative estimate of drug-likeness (QED) is 0.715. The number of carbonyl (C=O) groups is 2. The fourth-order valence-corrected chi connectivity index (χ4v) is 4.86. The maximum absolute atomic E-state index is 13.0. The molecule has 0 saturated carbocycles. The molecule has 1 amide bonds. The van der Waals surface area contributed by atoms with Crippen LogP contribution in [0, 0.1) is 0 Å². The molecule has 9 heteroatoms. The molecule has 1 aromatic rings. The first-order chi connectivity index (χ1) is 12.8. The fraction of sp³-hybridized carbons (Fsp3) is 0.556. The molecule has 1 atom stereocenters. The van der Waals surface area contributed by atoms with Crippen molar-refractivity contribution in [2.24, 2.45) is 0 Å². The standard InChI is InChI=1S/C18H26N2O6S/c1-3-12-27(24,25)20-11-5-4-6-16(20)18(23)19(2)14-7-9-15(10-8-14)26-13-17(21)22/h7-10,16H,3-6,11-13H2,1-2H3,(H,21,22). The number of likely N-dealkylation sites (N-methyl/N-ethyl adjacent to an activating group) is 1. The molecule has 0 radical (unpaired) electrons. The SMILES string of the molecule is CCCS(=O)(=O)N1CCCCC1C(=O)N(C)c1ccc(OCC(=O)O)cc1. The lowest BCUT2D eigenvalue weighted by Crippen LogP contribution is -2.52. The summed E-state index contributed by atoms with van der Waals surface area (Å²) in [7, 11) is -1.85. The van der Waals surface area contributed by atoms with Crippen LogP contribution >= 0.6 is 0 Å².